The van der Waals surface area contributed by atoms with E-state index >= 15 is 0 Å². The molecule has 1 fully saturated rings. The summed E-state index contributed by atoms with van der Waals surface area (Å²) in [4.78, 5) is 13.8. The molecule has 122 valence electrons. The second-order valence-corrected chi connectivity index (χ2v) is 5.01. The zero-order chi connectivity index (χ0) is 15.8. The third-order valence-electron chi connectivity index (χ3n) is 3.36. The quantitative estimate of drug-likeness (QED) is 0.824. The number of nitrogens with one attached hydrogen (secondary N) is 1. The van der Waals surface area contributed by atoms with Crippen LogP contribution in [-0.4, -0.2) is 56.8 Å². The highest BCUT2D eigenvalue weighted by Crippen LogP contribution is 2.14. The fraction of sp³-hybridized carbons (Fsp3) is 0.533. The lowest BCUT2D eigenvalue weighted by molar-refractivity contribution is -0.123. The monoisotopic (exact) mass is 314 g/mol. The van der Waals surface area contributed by atoms with Crippen LogP contribution in [0, 0.1) is 0 Å². The summed E-state index contributed by atoms with van der Waals surface area (Å²) < 4.78 is 33.5. The summed E-state index contributed by atoms with van der Waals surface area (Å²) in [6.07, 6.45) is 0.643. The molecule has 1 amide bonds. The van der Waals surface area contributed by atoms with E-state index < -0.39 is 6.61 Å². The molecule has 0 aromatic heterocycles. The predicted molar refractivity (Wildman–Crippen MR) is 77.0 cm³/mol. The fourth-order valence-corrected chi connectivity index (χ4v) is 2.20. The second kappa shape index (κ2) is 8.65. The summed E-state index contributed by atoms with van der Waals surface area (Å²) >= 11 is 0. The van der Waals surface area contributed by atoms with Gasteiger partial charge in [0.05, 0.1) is 19.8 Å². The van der Waals surface area contributed by atoms with Gasteiger partial charge in [0.1, 0.15) is 5.75 Å². The van der Waals surface area contributed by atoms with Crippen molar-refractivity contribution in [2.75, 3.05) is 39.4 Å². The molecule has 22 heavy (non-hydrogen) atoms. The Morgan fingerprint density at radius 2 is 1.95 bits per heavy atom. The van der Waals surface area contributed by atoms with Crippen LogP contribution < -0.4 is 10.1 Å². The van der Waals surface area contributed by atoms with E-state index in [4.69, 9.17) is 4.74 Å². The number of ether oxygens (including phenoxy) is 2. The van der Waals surface area contributed by atoms with Gasteiger partial charge in [0.2, 0.25) is 5.91 Å². The maximum atomic E-state index is 12.0. The van der Waals surface area contributed by atoms with Crippen LogP contribution in [0.25, 0.3) is 0 Å². The average molecular weight is 314 g/mol. The van der Waals surface area contributed by atoms with E-state index in [1.807, 2.05) is 0 Å². The molecule has 0 bridgehead atoms. The molecular formula is C15H20F2N2O3. The van der Waals surface area contributed by atoms with Gasteiger partial charge in [-0.3, -0.25) is 9.69 Å². The van der Waals surface area contributed by atoms with E-state index in [1.54, 1.807) is 12.1 Å². The van der Waals surface area contributed by atoms with Crippen molar-refractivity contribution in [3.8, 4) is 5.75 Å². The molecule has 0 radical (unpaired) electrons. The number of hydrogen-bond acceptors (Lipinski definition) is 4. The van der Waals surface area contributed by atoms with Crippen molar-refractivity contribution in [2.24, 2.45) is 0 Å². The molecule has 1 aliphatic rings. The summed E-state index contributed by atoms with van der Waals surface area (Å²) in [7, 11) is 0. The van der Waals surface area contributed by atoms with Gasteiger partial charge in [0.15, 0.2) is 0 Å². The number of halogens is 2. The van der Waals surface area contributed by atoms with E-state index in [1.165, 1.54) is 12.1 Å². The van der Waals surface area contributed by atoms with Crippen molar-refractivity contribution in [2.45, 2.75) is 13.0 Å². The number of carbonyl (C=O) groups excluding carboxylic acids is 1. The van der Waals surface area contributed by atoms with Crippen LogP contribution in [0.15, 0.2) is 24.3 Å². The predicted octanol–water partition coefficient (Wildman–Crippen LogP) is 1.28. The Hall–Kier alpha value is -1.73. The van der Waals surface area contributed by atoms with Crippen molar-refractivity contribution in [1.29, 1.82) is 0 Å². The van der Waals surface area contributed by atoms with E-state index in [-0.39, 0.29) is 11.7 Å². The van der Waals surface area contributed by atoms with Gasteiger partial charge in [0, 0.05) is 19.6 Å². The second-order valence-electron chi connectivity index (χ2n) is 5.01. The van der Waals surface area contributed by atoms with Gasteiger partial charge >= 0.3 is 6.61 Å². The number of hydrogen-bond donors (Lipinski definition) is 1. The Morgan fingerprint density at radius 1 is 1.27 bits per heavy atom. The molecule has 5 nitrogen and oxygen atoms in total. The lowest BCUT2D eigenvalue weighted by Crippen LogP contribution is -2.43. The van der Waals surface area contributed by atoms with Gasteiger partial charge in [-0.25, -0.2) is 0 Å². The maximum absolute atomic E-state index is 12.0. The van der Waals surface area contributed by atoms with Crippen LogP contribution in [0.3, 0.4) is 0 Å². The molecule has 0 spiro atoms. The zero-order valence-electron chi connectivity index (χ0n) is 12.3. The van der Waals surface area contributed by atoms with Crippen molar-refractivity contribution in [3.05, 3.63) is 29.8 Å². The highest BCUT2D eigenvalue weighted by atomic mass is 19.3. The third kappa shape index (κ3) is 5.95. The van der Waals surface area contributed by atoms with Gasteiger partial charge in [-0.1, -0.05) is 12.1 Å². The molecule has 1 heterocycles. The first kappa shape index (κ1) is 16.6. The minimum absolute atomic E-state index is 0.0143. The molecule has 1 N–H and O–H groups in total. The molecule has 0 atom stereocenters. The first-order chi connectivity index (χ1) is 10.6. The van der Waals surface area contributed by atoms with Gasteiger partial charge in [0.25, 0.3) is 0 Å². The van der Waals surface area contributed by atoms with Crippen molar-refractivity contribution in [3.63, 3.8) is 0 Å². The van der Waals surface area contributed by atoms with Crippen LogP contribution >= 0.6 is 0 Å². The topological polar surface area (TPSA) is 50.8 Å². The first-order valence-corrected chi connectivity index (χ1v) is 7.24. The molecule has 1 aromatic carbocycles. The number of benzene rings is 1. The number of amides is 1. The highest BCUT2D eigenvalue weighted by Gasteiger charge is 2.13. The van der Waals surface area contributed by atoms with Gasteiger partial charge in [-0.05, 0) is 24.1 Å². The lowest BCUT2D eigenvalue weighted by Gasteiger charge is -2.25. The Kier molecular flexibility index (Phi) is 6.54. The van der Waals surface area contributed by atoms with Crippen LogP contribution in [0.1, 0.15) is 5.56 Å². The van der Waals surface area contributed by atoms with E-state index in [0.29, 0.717) is 32.7 Å². The van der Waals surface area contributed by atoms with Crippen molar-refractivity contribution >= 4 is 5.91 Å². The minimum atomic E-state index is -2.81. The molecular weight excluding hydrogens is 294 g/mol. The number of rotatable bonds is 7. The number of morpholine rings is 1. The Bertz CT molecular complexity index is 462. The molecule has 1 saturated heterocycles. The fourth-order valence-electron chi connectivity index (χ4n) is 2.20. The van der Waals surface area contributed by atoms with E-state index in [9.17, 15) is 13.6 Å². The highest BCUT2D eigenvalue weighted by molar-refractivity contribution is 5.78. The molecule has 2 rings (SSSR count). The van der Waals surface area contributed by atoms with Crippen LogP contribution in [0.4, 0.5) is 8.78 Å². The van der Waals surface area contributed by atoms with E-state index in [0.717, 1.165) is 18.7 Å². The van der Waals surface area contributed by atoms with Crippen molar-refractivity contribution in [1.82, 2.24) is 10.2 Å². The van der Waals surface area contributed by atoms with Crippen LogP contribution in [-0.2, 0) is 16.0 Å². The number of carbonyl (C=O) groups is 1. The van der Waals surface area contributed by atoms with Crippen LogP contribution in [0.5, 0.6) is 5.75 Å². The molecule has 1 aromatic rings. The summed E-state index contributed by atoms with van der Waals surface area (Å²) in [5, 5.41) is 2.85. The van der Waals surface area contributed by atoms with Gasteiger partial charge < -0.3 is 14.8 Å². The molecule has 0 unspecified atom stereocenters. The number of alkyl halides is 2. The summed E-state index contributed by atoms with van der Waals surface area (Å²) in [5.74, 6) is 0.120. The first-order valence-electron chi connectivity index (χ1n) is 7.24. The smallest absolute Gasteiger partial charge is 0.387 e. The Labute approximate surface area is 128 Å². The van der Waals surface area contributed by atoms with Crippen molar-refractivity contribution < 1.29 is 23.0 Å². The Balaban J connectivity index is 1.66. The van der Waals surface area contributed by atoms with Gasteiger partial charge in [-0.15, -0.1) is 0 Å². The van der Waals surface area contributed by atoms with E-state index in [2.05, 4.69) is 15.0 Å². The standard InChI is InChI=1S/C15H20F2N2O3/c16-15(17)22-13-3-1-12(2-4-13)5-6-18-14(20)11-19-7-9-21-10-8-19/h1-4,15H,5-11H2,(H,18,20). The third-order valence-corrected chi connectivity index (χ3v) is 3.36. The average Bonchev–Trinajstić information content (AvgIpc) is 2.49. The lowest BCUT2D eigenvalue weighted by atomic mass is 10.1. The largest absolute Gasteiger partial charge is 0.435 e. The Morgan fingerprint density at radius 3 is 2.59 bits per heavy atom. The summed E-state index contributed by atoms with van der Waals surface area (Å²) in [6.45, 7) is 0.965. The zero-order valence-corrected chi connectivity index (χ0v) is 12.3. The van der Waals surface area contributed by atoms with Gasteiger partial charge in [-0.2, -0.15) is 8.78 Å². The summed E-state index contributed by atoms with van der Waals surface area (Å²) in [6, 6.07) is 6.42. The summed E-state index contributed by atoms with van der Waals surface area (Å²) in [5.41, 5.74) is 0.952. The number of nitrogens with zero attached hydrogens (tertiary/aromatic N) is 1. The molecule has 0 saturated carbocycles. The maximum Gasteiger partial charge on any atom is 0.387 e. The normalized spacial score (nSPS) is 15.8. The van der Waals surface area contributed by atoms with Crippen LogP contribution in [0.2, 0.25) is 0 Å². The molecule has 1 aliphatic heterocycles. The molecule has 0 aliphatic carbocycles. The molecule has 7 heteroatoms. The minimum Gasteiger partial charge on any atom is -0.435 e. The SMILES string of the molecule is O=C(CN1CCOCC1)NCCc1ccc(OC(F)F)cc1.